The first kappa shape index (κ1) is 23.5. The summed E-state index contributed by atoms with van der Waals surface area (Å²) in [6, 6.07) is 10.5. The first-order chi connectivity index (χ1) is 15.5. The molecule has 0 radical (unpaired) electrons. The number of aromatic nitrogens is 1. The van der Waals surface area contributed by atoms with Crippen molar-refractivity contribution in [3.05, 3.63) is 59.4 Å². The van der Waals surface area contributed by atoms with Crippen LogP contribution in [0.4, 0.5) is 13.2 Å². The number of halogens is 3. The Labute approximate surface area is 191 Å². The highest BCUT2D eigenvalue weighted by atomic mass is 32.2. The minimum atomic E-state index is -4.72. The standard InChI is InChI=1S/C21H19F3N2O5S2/c1-2-5-12-6-3-4-7-13(12)14-11-20(14,19(27)28)26-33(29,30)18-9-8-16(32-18)15-10-17(31-25-15)21(22,23)24/h3-4,6-10,14,26H,2,5,11H2,1H3,(H,27,28)/t14-,20?/m1/s1. The van der Waals surface area contributed by atoms with Gasteiger partial charge in [0, 0.05) is 12.0 Å². The van der Waals surface area contributed by atoms with E-state index in [4.69, 9.17) is 0 Å². The molecule has 2 N–H and O–H groups in total. The number of thiophene rings is 1. The Morgan fingerprint density at radius 2 is 2.03 bits per heavy atom. The highest BCUT2D eigenvalue weighted by Crippen LogP contribution is 2.53. The predicted octanol–water partition coefficient (Wildman–Crippen LogP) is 4.66. The molecule has 2 heterocycles. The molecule has 7 nitrogen and oxygen atoms in total. The van der Waals surface area contributed by atoms with Crippen LogP contribution >= 0.6 is 11.3 Å². The Morgan fingerprint density at radius 3 is 2.67 bits per heavy atom. The van der Waals surface area contributed by atoms with Gasteiger partial charge in [-0.3, -0.25) is 4.79 Å². The summed E-state index contributed by atoms with van der Waals surface area (Å²) in [4.78, 5) is 12.3. The van der Waals surface area contributed by atoms with Crippen LogP contribution in [-0.2, 0) is 27.4 Å². The molecular formula is C21H19F3N2O5S2. The van der Waals surface area contributed by atoms with Crippen LogP contribution < -0.4 is 4.72 Å². The Morgan fingerprint density at radius 1 is 1.30 bits per heavy atom. The number of carbonyl (C=O) groups is 1. The summed E-state index contributed by atoms with van der Waals surface area (Å²) in [5.41, 5.74) is -0.0974. The normalized spacial score (nSPS) is 20.7. The zero-order valence-electron chi connectivity index (χ0n) is 17.2. The average Bonchev–Trinajstić information content (AvgIpc) is 3.12. The molecule has 0 aliphatic heterocycles. The minimum absolute atomic E-state index is 0.0960. The molecule has 1 fully saturated rings. The molecule has 12 heteroatoms. The molecule has 0 saturated heterocycles. The van der Waals surface area contributed by atoms with Crippen molar-refractivity contribution in [1.29, 1.82) is 0 Å². The third-order valence-corrected chi connectivity index (χ3v) is 8.61. The molecule has 2 atom stereocenters. The summed E-state index contributed by atoms with van der Waals surface area (Å²) < 4.78 is 70.6. The lowest BCUT2D eigenvalue weighted by Gasteiger charge is -2.16. The van der Waals surface area contributed by atoms with E-state index in [1.54, 1.807) is 12.1 Å². The van der Waals surface area contributed by atoms with E-state index in [1.807, 2.05) is 19.1 Å². The van der Waals surface area contributed by atoms with Gasteiger partial charge in [-0.2, -0.15) is 17.9 Å². The molecule has 1 aromatic carbocycles. The third-order valence-electron chi connectivity index (χ3n) is 5.50. The van der Waals surface area contributed by atoms with Gasteiger partial charge in [-0.25, -0.2) is 8.42 Å². The van der Waals surface area contributed by atoms with E-state index in [2.05, 4.69) is 14.4 Å². The van der Waals surface area contributed by atoms with Crippen LogP contribution in [0, 0.1) is 0 Å². The largest absolute Gasteiger partial charge is 0.480 e. The fourth-order valence-electron chi connectivity index (χ4n) is 3.82. The minimum Gasteiger partial charge on any atom is -0.480 e. The molecule has 3 aromatic rings. The van der Waals surface area contributed by atoms with Gasteiger partial charge >= 0.3 is 12.1 Å². The maximum Gasteiger partial charge on any atom is 0.452 e. The molecule has 0 bridgehead atoms. The monoisotopic (exact) mass is 500 g/mol. The van der Waals surface area contributed by atoms with Crippen molar-refractivity contribution in [3.63, 3.8) is 0 Å². The summed E-state index contributed by atoms with van der Waals surface area (Å²) in [5, 5.41) is 13.2. The summed E-state index contributed by atoms with van der Waals surface area (Å²) in [7, 11) is -4.27. The summed E-state index contributed by atoms with van der Waals surface area (Å²) in [6.07, 6.45) is -3.03. The van der Waals surface area contributed by atoms with Gasteiger partial charge in [-0.15, -0.1) is 11.3 Å². The van der Waals surface area contributed by atoms with Crippen LogP contribution in [0.1, 0.15) is 42.6 Å². The fourth-order valence-corrected chi connectivity index (χ4v) is 6.48. The summed E-state index contributed by atoms with van der Waals surface area (Å²) in [6.45, 7) is 2.00. The fraction of sp³-hybridized carbons (Fsp3) is 0.333. The van der Waals surface area contributed by atoms with E-state index in [1.165, 1.54) is 12.1 Å². The lowest BCUT2D eigenvalue weighted by Crippen LogP contribution is -2.44. The number of alkyl halides is 3. The number of sulfonamides is 1. The first-order valence-corrected chi connectivity index (χ1v) is 12.3. The van der Waals surface area contributed by atoms with Crippen LogP contribution in [0.3, 0.4) is 0 Å². The molecule has 0 amide bonds. The molecule has 1 saturated carbocycles. The maximum absolute atomic E-state index is 13.0. The Hall–Kier alpha value is -2.70. The molecule has 4 rings (SSSR count). The van der Waals surface area contributed by atoms with E-state index < -0.39 is 39.4 Å². The predicted molar refractivity (Wildman–Crippen MR) is 113 cm³/mol. The van der Waals surface area contributed by atoms with Crippen molar-refractivity contribution in [2.24, 2.45) is 0 Å². The molecule has 1 unspecified atom stereocenters. The SMILES string of the molecule is CCCc1ccccc1[C@H]1CC1(NS(=O)(=O)c1ccc(-c2cc(C(F)(F)F)on2)s1)C(=O)O. The van der Waals surface area contributed by atoms with Crippen LogP contribution in [0.5, 0.6) is 0 Å². The second-order valence-corrected chi connectivity index (χ2v) is 10.8. The number of carboxylic acids is 1. The Bertz CT molecular complexity index is 1300. The van der Waals surface area contributed by atoms with Crippen molar-refractivity contribution in [2.75, 3.05) is 0 Å². The smallest absolute Gasteiger partial charge is 0.452 e. The Kier molecular flexibility index (Phi) is 5.87. The molecule has 2 aromatic heterocycles. The number of nitrogens with one attached hydrogen (secondary N) is 1. The van der Waals surface area contributed by atoms with Crippen molar-refractivity contribution < 1.29 is 36.0 Å². The third kappa shape index (κ3) is 4.42. The number of hydrogen-bond acceptors (Lipinski definition) is 6. The number of hydrogen-bond donors (Lipinski definition) is 2. The number of aryl methyl sites for hydroxylation is 1. The second-order valence-electron chi connectivity index (χ2n) is 7.78. The summed E-state index contributed by atoms with van der Waals surface area (Å²) >= 11 is 0.672. The van der Waals surface area contributed by atoms with Gasteiger partial charge in [0.15, 0.2) is 0 Å². The van der Waals surface area contributed by atoms with E-state index >= 15 is 0 Å². The summed E-state index contributed by atoms with van der Waals surface area (Å²) in [5.74, 6) is -3.12. The van der Waals surface area contributed by atoms with Crippen molar-refractivity contribution >= 4 is 27.3 Å². The van der Waals surface area contributed by atoms with Gasteiger partial charge in [-0.05, 0) is 36.1 Å². The molecular weight excluding hydrogens is 481 g/mol. The van der Waals surface area contributed by atoms with Gasteiger partial charge in [0.05, 0.1) is 4.88 Å². The van der Waals surface area contributed by atoms with Crippen LogP contribution in [0.2, 0.25) is 0 Å². The first-order valence-electron chi connectivity index (χ1n) is 9.97. The van der Waals surface area contributed by atoms with Gasteiger partial charge in [0.2, 0.25) is 5.76 Å². The second kappa shape index (κ2) is 8.26. The highest BCUT2D eigenvalue weighted by molar-refractivity contribution is 7.91. The van der Waals surface area contributed by atoms with Gasteiger partial charge in [-0.1, -0.05) is 42.8 Å². The number of carboxylic acid groups (broad SMARTS) is 1. The number of aliphatic carboxylic acids is 1. The van der Waals surface area contributed by atoms with Crippen molar-refractivity contribution in [2.45, 2.75) is 48.0 Å². The van der Waals surface area contributed by atoms with Crippen LogP contribution in [0.25, 0.3) is 10.6 Å². The molecule has 0 spiro atoms. The van der Waals surface area contributed by atoms with E-state index in [9.17, 15) is 31.5 Å². The zero-order valence-corrected chi connectivity index (χ0v) is 18.9. The van der Waals surface area contributed by atoms with Crippen LogP contribution in [0.15, 0.2) is 51.2 Å². The van der Waals surface area contributed by atoms with E-state index in [-0.39, 0.29) is 21.2 Å². The van der Waals surface area contributed by atoms with Gasteiger partial charge in [0.1, 0.15) is 15.4 Å². The van der Waals surface area contributed by atoms with Crippen molar-refractivity contribution in [1.82, 2.24) is 9.88 Å². The van der Waals surface area contributed by atoms with Crippen LogP contribution in [-0.4, -0.2) is 30.2 Å². The molecule has 1 aliphatic carbocycles. The zero-order chi connectivity index (χ0) is 24.0. The van der Waals surface area contributed by atoms with E-state index in [0.717, 1.165) is 24.0 Å². The van der Waals surface area contributed by atoms with Gasteiger partial charge < -0.3 is 9.63 Å². The lowest BCUT2D eigenvalue weighted by molar-refractivity contribution is -0.155. The maximum atomic E-state index is 13.0. The number of benzene rings is 1. The number of rotatable bonds is 8. The number of nitrogens with zero attached hydrogens (tertiary/aromatic N) is 1. The topological polar surface area (TPSA) is 110 Å². The molecule has 33 heavy (non-hydrogen) atoms. The lowest BCUT2D eigenvalue weighted by atomic mass is 9.97. The van der Waals surface area contributed by atoms with Crippen molar-refractivity contribution in [3.8, 4) is 10.6 Å². The van der Waals surface area contributed by atoms with Gasteiger partial charge in [0.25, 0.3) is 10.0 Å². The van der Waals surface area contributed by atoms with E-state index in [0.29, 0.717) is 17.4 Å². The highest BCUT2D eigenvalue weighted by Gasteiger charge is 2.63. The molecule has 176 valence electrons. The average molecular weight is 501 g/mol. The Balaban J connectivity index is 1.60. The quantitative estimate of drug-likeness (QED) is 0.466. The molecule has 1 aliphatic rings.